The largest absolute Gasteiger partial charge is 0.545 e. The number of carbonyl (C=O) groups is 4. The van der Waals surface area contributed by atoms with Gasteiger partial charge < -0.3 is 39.6 Å². The number of carbonyl (C=O) groups excluding carboxylic acids is 4. The minimum absolute atomic E-state index is 0.0111. The molecule has 8 nitrogen and oxygen atoms in total. The topological polar surface area (TPSA) is 161 Å². The van der Waals surface area contributed by atoms with Crippen molar-refractivity contribution in [2.45, 2.75) is 61.2 Å². The predicted octanol–water partition coefficient (Wildman–Crippen LogP) is -0.0974. The van der Waals surface area contributed by atoms with Crippen LogP contribution in [-0.2, 0) is 32.0 Å². The fourth-order valence-electron chi connectivity index (χ4n) is 3.87. The Morgan fingerprint density at radius 3 is 1.05 bits per heavy atom. The van der Waals surface area contributed by atoms with Crippen molar-refractivity contribution in [3.05, 3.63) is 95.1 Å². The van der Waals surface area contributed by atoms with Gasteiger partial charge in [0.15, 0.2) is 0 Å². The van der Waals surface area contributed by atoms with Crippen LogP contribution in [-0.4, -0.2) is 45.0 Å². The minimum atomic E-state index is -1.54. The minimum Gasteiger partial charge on any atom is -0.545 e. The second-order valence-corrected chi connectivity index (χ2v) is 24.3. The molecule has 9 heteroatoms. The van der Waals surface area contributed by atoms with Crippen molar-refractivity contribution in [2.24, 2.45) is 0 Å². The number of aliphatic carboxylic acids is 4. The zero-order valence-electron chi connectivity index (χ0n) is 23.3. The van der Waals surface area contributed by atoms with Gasteiger partial charge in [-0.3, -0.25) is 0 Å². The zero-order valence-corrected chi connectivity index (χ0v) is 27.4. The molecule has 0 aromatic heterocycles. The number of hydrogen-bond acceptors (Lipinski definition) is 8. The van der Waals surface area contributed by atoms with Gasteiger partial charge in [0.25, 0.3) is 0 Å². The summed E-state index contributed by atoms with van der Waals surface area (Å²) in [4.78, 5) is 41.6. The molecule has 0 bridgehead atoms. The monoisotopic (exact) mass is 644 g/mol. The first kappa shape index (κ1) is 35.6. The Balaban J connectivity index is 0.000000576. The van der Waals surface area contributed by atoms with E-state index in [2.05, 4.69) is 41.5 Å². The average Bonchev–Trinajstić information content (AvgIpc) is 2.77. The van der Waals surface area contributed by atoms with E-state index in [9.17, 15) is 39.6 Å². The Bertz CT molecular complexity index is 1050. The first-order valence-corrected chi connectivity index (χ1v) is 16.3. The molecule has 2 aromatic rings. The van der Waals surface area contributed by atoms with E-state index in [1.807, 2.05) is 0 Å². The van der Waals surface area contributed by atoms with Crippen molar-refractivity contribution in [3.8, 4) is 0 Å². The summed E-state index contributed by atoms with van der Waals surface area (Å²) in [5, 5.41) is 41.6. The number of rotatable bonds is 8. The van der Waals surface area contributed by atoms with Gasteiger partial charge >= 0.3 is 69.5 Å². The van der Waals surface area contributed by atoms with Crippen LogP contribution in [0.3, 0.4) is 0 Å². The van der Waals surface area contributed by atoms with Crippen molar-refractivity contribution in [2.75, 3.05) is 0 Å². The van der Waals surface area contributed by atoms with Crippen molar-refractivity contribution < 1.29 is 39.6 Å². The van der Waals surface area contributed by atoms with Gasteiger partial charge in [-0.25, -0.2) is 0 Å². The van der Waals surface area contributed by atoms with Crippen molar-refractivity contribution in [1.82, 2.24) is 0 Å². The molecule has 0 saturated carbocycles. The van der Waals surface area contributed by atoms with Crippen LogP contribution >= 0.6 is 0 Å². The van der Waals surface area contributed by atoms with Crippen molar-refractivity contribution >= 4 is 45.0 Å². The maximum absolute atomic E-state index is 10.6. The number of carboxylic acid groups (broad SMARTS) is 4. The molecule has 0 aliphatic rings. The molecule has 0 N–H and O–H groups in total. The van der Waals surface area contributed by atoms with Gasteiger partial charge in [0, 0.05) is 0 Å². The van der Waals surface area contributed by atoms with Crippen LogP contribution in [0.5, 0.6) is 0 Å². The van der Waals surface area contributed by atoms with Gasteiger partial charge in [-0.2, -0.15) is 0 Å². The van der Waals surface area contributed by atoms with E-state index < -0.39 is 45.0 Å². The number of benzene rings is 2. The number of hydrogen-bond donors (Lipinski definition) is 0. The summed E-state index contributed by atoms with van der Waals surface area (Å²) in [5.41, 5.74) is 0.797. The van der Waals surface area contributed by atoms with Gasteiger partial charge in [-0.15, -0.1) is 0 Å². The molecule has 2 rings (SSSR count). The van der Waals surface area contributed by atoms with E-state index in [0.29, 0.717) is 30.1 Å². The van der Waals surface area contributed by atoms with Crippen LogP contribution in [0.25, 0.3) is 0 Å². The molecule has 2 aromatic carbocycles. The van der Waals surface area contributed by atoms with Gasteiger partial charge in [0.1, 0.15) is 0 Å². The third-order valence-electron chi connectivity index (χ3n) is 4.64. The van der Waals surface area contributed by atoms with Crippen LogP contribution in [0.15, 0.2) is 84.0 Å². The fourth-order valence-corrected chi connectivity index (χ4v) is 13.0. The van der Waals surface area contributed by atoms with Crippen LogP contribution in [0.2, 0.25) is 6.86 Å². The summed E-state index contributed by atoms with van der Waals surface area (Å²) < 4.78 is 1.39. The van der Waals surface area contributed by atoms with E-state index in [-0.39, 0.29) is 24.0 Å². The van der Waals surface area contributed by atoms with Gasteiger partial charge in [0.2, 0.25) is 0 Å². The maximum atomic E-state index is 10.6. The number of carboxylic acids is 4. The Morgan fingerprint density at radius 2 is 0.872 bits per heavy atom. The molecule has 0 aliphatic carbocycles. The van der Waals surface area contributed by atoms with Crippen LogP contribution in [0.1, 0.15) is 52.7 Å². The molecule has 0 saturated heterocycles. The molecule has 4 radical (unpaired) electrons. The third kappa shape index (κ3) is 20.3. The van der Waals surface area contributed by atoms with E-state index in [0.717, 1.165) is 0 Å². The predicted molar refractivity (Wildman–Crippen MR) is 144 cm³/mol. The summed E-state index contributed by atoms with van der Waals surface area (Å²) >= 11 is -0.528. The molecule has 0 amide bonds. The molecular formula is C30H36O8Sn. The summed E-state index contributed by atoms with van der Waals surface area (Å²) in [6.07, 6.45) is 1.11. The van der Waals surface area contributed by atoms with Gasteiger partial charge in [-0.1, -0.05) is 60.7 Å². The Labute approximate surface area is 240 Å². The van der Waals surface area contributed by atoms with Crippen LogP contribution in [0, 0.1) is 0 Å². The quantitative estimate of drug-likeness (QED) is 0.285. The summed E-state index contributed by atoms with van der Waals surface area (Å²) in [6.45, 7) is 14.3. The molecule has 0 spiro atoms. The second kappa shape index (κ2) is 17.2. The normalized spacial score (nSPS) is 11.7. The second-order valence-electron chi connectivity index (χ2n) is 11.2. The first-order valence-electron chi connectivity index (χ1n) is 12.2. The van der Waals surface area contributed by atoms with E-state index in [4.69, 9.17) is 0 Å². The average molecular weight is 643 g/mol. The van der Waals surface area contributed by atoms with Gasteiger partial charge in [0.05, 0.1) is 23.9 Å². The van der Waals surface area contributed by atoms with Crippen molar-refractivity contribution in [3.63, 3.8) is 0 Å². The SMILES string of the molecule is C[C](C)(C)[SnH2+4][C](C)(C)C.O=C([O-])/C=C(/Cc1ccccc1)C(=O)[O-].O=C([O-])/C=C(/Cc1ccccc1)C(=O)[O-]. The molecule has 39 heavy (non-hydrogen) atoms. The Hall–Kier alpha value is -3.40. The van der Waals surface area contributed by atoms with Crippen LogP contribution < -0.4 is 20.4 Å². The smallest absolute Gasteiger partial charge is 0.0678 e. The molecule has 0 unspecified atom stereocenters. The molecule has 208 valence electrons. The van der Waals surface area contributed by atoms with Crippen LogP contribution in [0.4, 0.5) is 0 Å². The van der Waals surface area contributed by atoms with E-state index in [1.54, 1.807) is 60.7 Å². The van der Waals surface area contributed by atoms with E-state index in [1.165, 1.54) is 0 Å². The molecule has 0 fully saturated rings. The third-order valence-corrected chi connectivity index (χ3v) is 10.7. The summed E-state index contributed by atoms with van der Waals surface area (Å²) in [5.74, 6) is -6.07. The summed E-state index contributed by atoms with van der Waals surface area (Å²) in [6, 6.07) is 17.3. The fraction of sp³-hybridized carbons (Fsp3) is 0.333. The Morgan fingerprint density at radius 1 is 0.590 bits per heavy atom. The van der Waals surface area contributed by atoms with Crippen molar-refractivity contribution in [1.29, 1.82) is 0 Å². The zero-order chi connectivity index (χ0) is 30.2. The summed E-state index contributed by atoms with van der Waals surface area (Å²) in [7, 11) is 0. The molecule has 0 aliphatic heterocycles. The first-order chi connectivity index (χ1) is 17.9. The molecule has 0 atom stereocenters. The molecular weight excluding hydrogens is 607 g/mol. The molecule has 0 heterocycles. The standard InChI is InChI=1S/2C11H10O4.2C4H9.Sn.2H/c2*12-10(13)7-9(11(14)15)6-8-4-2-1-3-5-8;2*1-4(2)3;;;/h2*1-5,7H,6H2,(H,12,13)(H,14,15);2*1-3H3;;;/q;;;;+4;;/p-4/b2*9-7-;;;;;. The van der Waals surface area contributed by atoms with E-state index >= 15 is 0 Å². The maximum Gasteiger partial charge on any atom is 0.0678 e. The Kier molecular flexibility index (Phi) is 15.7. The van der Waals surface area contributed by atoms with Gasteiger partial charge in [-0.05, 0) is 47.3 Å².